The predicted molar refractivity (Wildman–Crippen MR) is 73.6 cm³/mol. The van der Waals surface area contributed by atoms with Crippen molar-refractivity contribution in [2.24, 2.45) is 11.8 Å². The Hall–Kier alpha value is -0.860. The van der Waals surface area contributed by atoms with Crippen LogP contribution in [0.4, 0.5) is 0 Å². The minimum atomic E-state index is 0.464. The molecule has 1 aliphatic heterocycles. The molecular weight excluding hydrogens is 224 g/mol. The van der Waals surface area contributed by atoms with E-state index in [0.29, 0.717) is 12.7 Å². The van der Waals surface area contributed by atoms with Gasteiger partial charge in [0.2, 0.25) is 0 Å². The highest BCUT2D eigenvalue weighted by Gasteiger charge is 2.16. The molecule has 18 heavy (non-hydrogen) atoms. The first kappa shape index (κ1) is 13.6. The minimum Gasteiger partial charge on any atom is -0.355 e. The van der Waals surface area contributed by atoms with Gasteiger partial charge in [-0.3, -0.25) is 0 Å². The normalized spacial score (nSPS) is 17.3. The van der Waals surface area contributed by atoms with Crippen LogP contribution in [-0.2, 0) is 22.3 Å². The van der Waals surface area contributed by atoms with Crippen molar-refractivity contribution in [1.82, 2.24) is 0 Å². The second-order valence-electron chi connectivity index (χ2n) is 5.63. The lowest BCUT2D eigenvalue weighted by Crippen LogP contribution is -2.26. The summed E-state index contributed by atoms with van der Waals surface area (Å²) >= 11 is 0. The van der Waals surface area contributed by atoms with Crippen LogP contribution < -0.4 is 0 Å². The molecule has 0 bridgehead atoms. The highest BCUT2D eigenvalue weighted by atomic mass is 16.7. The summed E-state index contributed by atoms with van der Waals surface area (Å²) in [5, 5.41) is 0. The maximum Gasteiger partial charge on any atom is 0.146 e. The van der Waals surface area contributed by atoms with Gasteiger partial charge in [0.15, 0.2) is 0 Å². The molecule has 0 spiro atoms. The second-order valence-corrected chi connectivity index (χ2v) is 5.63. The minimum absolute atomic E-state index is 0.464. The van der Waals surface area contributed by atoms with Gasteiger partial charge < -0.3 is 9.47 Å². The highest BCUT2D eigenvalue weighted by Crippen LogP contribution is 2.19. The van der Waals surface area contributed by atoms with Crippen molar-refractivity contribution in [3.63, 3.8) is 0 Å². The van der Waals surface area contributed by atoms with Crippen molar-refractivity contribution < 1.29 is 9.47 Å². The largest absolute Gasteiger partial charge is 0.355 e. The molecule has 0 radical (unpaired) electrons. The van der Waals surface area contributed by atoms with Crippen LogP contribution in [0.2, 0.25) is 0 Å². The van der Waals surface area contributed by atoms with Crippen LogP contribution in [0, 0.1) is 11.8 Å². The number of rotatable bonds is 5. The van der Waals surface area contributed by atoms with Crippen LogP contribution in [0.3, 0.4) is 0 Å². The van der Waals surface area contributed by atoms with Crippen LogP contribution >= 0.6 is 0 Å². The Labute approximate surface area is 110 Å². The fourth-order valence-corrected chi connectivity index (χ4v) is 2.41. The fraction of sp³-hybridized carbons (Fsp3) is 0.625. The van der Waals surface area contributed by atoms with Crippen molar-refractivity contribution in [1.29, 1.82) is 0 Å². The molecular formula is C16H24O2. The number of benzene rings is 1. The second kappa shape index (κ2) is 6.91. The molecule has 1 heterocycles. The van der Waals surface area contributed by atoms with E-state index >= 15 is 0 Å². The van der Waals surface area contributed by atoms with E-state index in [0.717, 1.165) is 25.6 Å². The average Bonchev–Trinajstić information content (AvgIpc) is 2.39. The van der Waals surface area contributed by atoms with Crippen molar-refractivity contribution in [2.75, 3.05) is 20.0 Å². The summed E-state index contributed by atoms with van der Waals surface area (Å²) in [6.07, 6.45) is 3.52. The number of aryl methyl sites for hydroxylation is 1. The third-order valence-electron chi connectivity index (χ3n) is 3.49. The molecule has 1 aromatic rings. The number of hydrogen-bond acceptors (Lipinski definition) is 2. The van der Waals surface area contributed by atoms with E-state index in [-0.39, 0.29) is 0 Å². The van der Waals surface area contributed by atoms with E-state index in [2.05, 4.69) is 38.1 Å². The first-order valence-electron chi connectivity index (χ1n) is 6.98. The van der Waals surface area contributed by atoms with Crippen molar-refractivity contribution in [2.45, 2.75) is 33.1 Å². The van der Waals surface area contributed by atoms with Gasteiger partial charge in [-0.25, -0.2) is 0 Å². The molecule has 0 atom stereocenters. The Balaban J connectivity index is 1.97. The molecule has 2 nitrogen and oxygen atoms in total. The van der Waals surface area contributed by atoms with Gasteiger partial charge in [-0.1, -0.05) is 38.1 Å². The zero-order chi connectivity index (χ0) is 12.8. The zero-order valence-electron chi connectivity index (χ0n) is 11.5. The smallest absolute Gasteiger partial charge is 0.146 e. The van der Waals surface area contributed by atoms with Gasteiger partial charge in [0.25, 0.3) is 0 Å². The van der Waals surface area contributed by atoms with E-state index in [1.807, 2.05) is 0 Å². The number of ether oxygens (including phenoxy) is 2. The summed E-state index contributed by atoms with van der Waals surface area (Å²) in [6.45, 7) is 6.69. The summed E-state index contributed by atoms with van der Waals surface area (Å²) in [4.78, 5) is 0. The Morgan fingerprint density at radius 2 is 1.78 bits per heavy atom. The molecule has 0 N–H and O–H groups in total. The molecule has 0 aromatic heterocycles. The van der Waals surface area contributed by atoms with Crippen LogP contribution in [0.1, 0.15) is 31.4 Å². The van der Waals surface area contributed by atoms with Gasteiger partial charge in [-0.15, -0.1) is 0 Å². The third-order valence-corrected chi connectivity index (χ3v) is 3.49. The van der Waals surface area contributed by atoms with Gasteiger partial charge >= 0.3 is 0 Å². The summed E-state index contributed by atoms with van der Waals surface area (Å²) in [6, 6.07) is 8.80. The van der Waals surface area contributed by atoms with E-state index in [4.69, 9.17) is 9.47 Å². The van der Waals surface area contributed by atoms with Crippen LogP contribution in [0.25, 0.3) is 0 Å². The van der Waals surface area contributed by atoms with Gasteiger partial charge in [0.1, 0.15) is 6.79 Å². The monoisotopic (exact) mass is 248 g/mol. The Morgan fingerprint density at radius 3 is 2.44 bits per heavy atom. The highest BCUT2D eigenvalue weighted by molar-refractivity contribution is 5.27. The fourth-order valence-electron chi connectivity index (χ4n) is 2.41. The lowest BCUT2D eigenvalue weighted by atomic mass is 9.92. The molecule has 1 aromatic carbocycles. The first-order chi connectivity index (χ1) is 8.75. The van der Waals surface area contributed by atoms with E-state index in [9.17, 15) is 0 Å². The Morgan fingerprint density at radius 1 is 1.11 bits per heavy atom. The molecule has 100 valence electrons. The Bertz CT molecular complexity index is 354. The van der Waals surface area contributed by atoms with Crippen molar-refractivity contribution in [3.05, 3.63) is 35.4 Å². The maximum atomic E-state index is 5.37. The lowest BCUT2D eigenvalue weighted by Gasteiger charge is -2.23. The quantitative estimate of drug-likeness (QED) is 0.794. The average molecular weight is 248 g/mol. The van der Waals surface area contributed by atoms with E-state index in [1.165, 1.54) is 24.0 Å². The molecule has 2 heteroatoms. The van der Waals surface area contributed by atoms with E-state index < -0.39 is 0 Å². The predicted octanol–water partition coefficient (Wildman–Crippen LogP) is 3.44. The molecule has 0 saturated carbocycles. The van der Waals surface area contributed by atoms with Crippen molar-refractivity contribution >= 4 is 0 Å². The molecule has 1 saturated heterocycles. The van der Waals surface area contributed by atoms with Gasteiger partial charge in [0.05, 0.1) is 13.2 Å². The molecule has 1 fully saturated rings. The zero-order valence-corrected chi connectivity index (χ0v) is 11.5. The standard InChI is InChI=1S/C16H24O2/c1-13(2)7-8-15-5-3-4-6-16(15)9-14-10-17-12-18-11-14/h3-6,13-14H,7-12H2,1-2H3. The summed E-state index contributed by atoms with van der Waals surface area (Å²) in [5.74, 6) is 1.28. The molecule has 2 rings (SSSR count). The summed E-state index contributed by atoms with van der Waals surface area (Å²) < 4.78 is 10.7. The summed E-state index contributed by atoms with van der Waals surface area (Å²) in [7, 11) is 0. The Kier molecular flexibility index (Phi) is 5.21. The van der Waals surface area contributed by atoms with Crippen LogP contribution in [0.15, 0.2) is 24.3 Å². The third kappa shape index (κ3) is 4.11. The molecule has 0 aliphatic carbocycles. The van der Waals surface area contributed by atoms with Crippen LogP contribution in [0.5, 0.6) is 0 Å². The molecule has 1 aliphatic rings. The summed E-state index contributed by atoms with van der Waals surface area (Å²) in [5.41, 5.74) is 2.97. The maximum absolute atomic E-state index is 5.37. The van der Waals surface area contributed by atoms with E-state index in [1.54, 1.807) is 0 Å². The first-order valence-corrected chi connectivity index (χ1v) is 6.98. The molecule has 0 unspecified atom stereocenters. The van der Waals surface area contributed by atoms with Gasteiger partial charge in [0, 0.05) is 5.92 Å². The topological polar surface area (TPSA) is 18.5 Å². The number of hydrogen-bond donors (Lipinski definition) is 0. The van der Waals surface area contributed by atoms with Gasteiger partial charge in [-0.2, -0.15) is 0 Å². The molecule has 0 amide bonds. The SMILES string of the molecule is CC(C)CCc1ccccc1CC1COCOC1. The van der Waals surface area contributed by atoms with Crippen LogP contribution in [-0.4, -0.2) is 20.0 Å². The lowest BCUT2D eigenvalue weighted by molar-refractivity contribution is -0.125. The van der Waals surface area contributed by atoms with Crippen molar-refractivity contribution in [3.8, 4) is 0 Å². The van der Waals surface area contributed by atoms with Gasteiger partial charge in [-0.05, 0) is 36.3 Å².